The fourth-order valence-electron chi connectivity index (χ4n) is 2.02. The Balaban J connectivity index is 1.87. The minimum Gasteiger partial charge on any atom is -0.486 e. The zero-order chi connectivity index (χ0) is 14.8. The third kappa shape index (κ3) is 3.19. The number of carboxylic acids is 1. The van der Waals surface area contributed by atoms with Crippen molar-refractivity contribution in [2.24, 2.45) is 0 Å². The van der Waals surface area contributed by atoms with Crippen molar-refractivity contribution in [1.29, 1.82) is 0 Å². The Morgan fingerprint density at radius 2 is 2.19 bits per heavy atom. The van der Waals surface area contributed by atoms with Crippen LogP contribution in [0.1, 0.15) is 12.1 Å². The molecule has 0 fully saturated rings. The maximum absolute atomic E-state index is 10.6. The van der Waals surface area contributed by atoms with Crippen molar-refractivity contribution in [3.05, 3.63) is 27.7 Å². The zero-order valence-electron chi connectivity index (χ0n) is 11.0. The summed E-state index contributed by atoms with van der Waals surface area (Å²) < 4.78 is 12.0. The largest absolute Gasteiger partial charge is 0.486 e. The minimum absolute atomic E-state index is 0.0913. The fraction of sp³-hybridized carbons (Fsp3) is 0.286. The summed E-state index contributed by atoms with van der Waals surface area (Å²) in [4.78, 5) is 15.1. The number of carboxylic acid groups (broad SMARTS) is 1. The fourth-order valence-corrected chi connectivity index (χ4v) is 3.42. The average Bonchev–Trinajstić information content (AvgIpc) is 2.94. The summed E-state index contributed by atoms with van der Waals surface area (Å²) >= 11 is 4.97. The first-order valence-corrected chi connectivity index (χ1v) is 8.06. The number of fused-ring (bicyclic) bond motifs is 1. The second kappa shape index (κ2) is 6.03. The Hall–Kier alpha value is -1.60. The van der Waals surface area contributed by atoms with Gasteiger partial charge in [0.15, 0.2) is 11.5 Å². The Morgan fingerprint density at radius 1 is 1.38 bits per heavy atom. The number of nitrogens with zero attached hydrogens (tertiary/aromatic N) is 1. The highest BCUT2D eigenvalue weighted by Crippen LogP contribution is 2.41. The number of rotatable bonds is 4. The molecule has 1 aromatic heterocycles. The second-order valence-corrected chi connectivity index (χ2v) is 6.23. The van der Waals surface area contributed by atoms with Crippen molar-refractivity contribution in [1.82, 2.24) is 4.98 Å². The molecule has 0 amide bonds. The lowest BCUT2D eigenvalue weighted by Gasteiger charge is -2.20. The summed E-state index contributed by atoms with van der Waals surface area (Å²) in [6, 6.07) is 3.84. The first-order valence-electron chi connectivity index (χ1n) is 6.39. The van der Waals surface area contributed by atoms with E-state index in [-0.39, 0.29) is 6.42 Å². The number of benzene rings is 1. The topological polar surface area (TPSA) is 68.7 Å². The van der Waals surface area contributed by atoms with Crippen LogP contribution in [0.3, 0.4) is 0 Å². The molecule has 1 N–H and O–H groups in total. The van der Waals surface area contributed by atoms with Crippen molar-refractivity contribution in [2.75, 3.05) is 13.2 Å². The van der Waals surface area contributed by atoms with Gasteiger partial charge in [-0.2, -0.15) is 0 Å². The van der Waals surface area contributed by atoms with Crippen LogP contribution in [0.5, 0.6) is 11.5 Å². The van der Waals surface area contributed by atoms with Gasteiger partial charge in [0.05, 0.1) is 16.6 Å². The van der Waals surface area contributed by atoms with E-state index in [4.69, 9.17) is 14.6 Å². The summed E-state index contributed by atoms with van der Waals surface area (Å²) in [5.41, 5.74) is 1.72. The Morgan fingerprint density at radius 3 is 3.00 bits per heavy atom. The van der Waals surface area contributed by atoms with E-state index in [1.54, 1.807) is 0 Å². The van der Waals surface area contributed by atoms with Crippen LogP contribution in [-0.4, -0.2) is 29.3 Å². The number of hydrogen-bond acceptors (Lipinski definition) is 5. The molecule has 0 atom stereocenters. The molecule has 110 valence electrons. The standard InChI is InChI=1S/C14H12BrNO4S/c15-10-5-8(6-11-13(10)20-4-3-19-11)14-16-9(7-21-14)1-2-12(17)18/h5-7H,1-4H2,(H,17,18). The van der Waals surface area contributed by atoms with Gasteiger partial charge in [0.25, 0.3) is 0 Å². The molecule has 3 rings (SSSR count). The summed E-state index contributed by atoms with van der Waals surface area (Å²) in [5.74, 6) is 0.604. The van der Waals surface area contributed by atoms with Crippen LogP contribution in [0.25, 0.3) is 10.6 Å². The van der Waals surface area contributed by atoms with Crippen LogP contribution < -0.4 is 9.47 Å². The maximum atomic E-state index is 10.6. The first-order chi connectivity index (χ1) is 10.1. The van der Waals surface area contributed by atoms with E-state index in [1.165, 1.54) is 11.3 Å². The molecule has 0 unspecified atom stereocenters. The highest BCUT2D eigenvalue weighted by Gasteiger charge is 2.18. The van der Waals surface area contributed by atoms with Gasteiger partial charge in [0.1, 0.15) is 18.2 Å². The molecule has 21 heavy (non-hydrogen) atoms. The maximum Gasteiger partial charge on any atom is 0.303 e. The van der Waals surface area contributed by atoms with Crippen LogP contribution >= 0.6 is 27.3 Å². The molecule has 1 aromatic carbocycles. The van der Waals surface area contributed by atoms with Crippen molar-refractivity contribution in [3.63, 3.8) is 0 Å². The minimum atomic E-state index is -0.813. The molecular weight excluding hydrogens is 358 g/mol. The van der Waals surface area contributed by atoms with Crippen LogP contribution in [0.4, 0.5) is 0 Å². The van der Waals surface area contributed by atoms with Gasteiger partial charge in [0.2, 0.25) is 0 Å². The number of halogens is 1. The second-order valence-electron chi connectivity index (χ2n) is 4.52. The molecule has 1 aliphatic rings. The number of aryl methyl sites for hydroxylation is 1. The summed E-state index contributed by atoms with van der Waals surface area (Å²) in [6.07, 6.45) is 0.533. The first kappa shape index (κ1) is 14.3. The van der Waals surface area contributed by atoms with E-state index in [2.05, 4.69) is 20.9 Å². The number of hydrogen-bond donors (Lipinski definition) is 1. The number of carbonyl (C=O) groups is 1. The van der Waals surface area contributed by atoms with E-state index >= 15 is 0 Å². The molecular formula is C14H12BrNO4S. The number of aliphatic carboxylic acids is 1. The van der Waals surface area contributed by atoms with E-state index in [0.29, 0.717) is 31.1 Å². The Labute approximate surface area is 133 Å². The van der Waals surface area contributed by atoms with Gasteiger partial charge in [-0.05, 0) is 28.1 Å². The molecule has 1 aliphatic heterocycles. The van der Waals surface area contributed by atoms with Crippen molar-refractivity contribution >= 4 is 33.2 Å². The molecule has 2 heterocycles. The van der Waals surface area contributed by atoms with Crippen LogP contribution in [0.15, 0.2) is 22.0 Å². The average molecular weight is 370 g/mol. The van der Waals surface area contributed by atoms with Gasteiger partial charge < -0.3 is 14.6 Å². The van der Waals surface area contributed by atoms with Gasteiger partial charge in [0, 0.05) is 17.4 Å². The van der Waals surface area contributed by atoms with Crippen LogP contribution in [0.2, 0.25) is 0 Å². The molecule has 0 saturated carbocycles. The van der Waals surface area contributed by atoms with E-state index in [1.807, 2.05) is 17.5 Å². The quantitative estimate of drug-likeness (QED) is 0.894. The monoisotopic (exact) mass is 369 g/mol. The normalized spacial score (nSPS) is 13.2. The molecule has 2 aromatic rings. The summed E-state index contributed by atoms with van der Waals surface area (Å²) in [6.45, 7) is 1.08. The van der Waals surface area contributed by atoms with Gasteiger partial charge >= 0.3 is 5.97 Å². The third-order valence-electron chi connectivity index (χ3n) is 2.99. The summed E-state index contributed by atoms with van der Waals surface area (Å²) in [5, 5.41) is 11.4. The summed E-state index contributed by atoms with van der Waals surface area (Å²) in [7, 11) is 0. The van der Waals surface area contributed by atoms with Gasteiger partial charge in [-0.3, -0.25) is 4.79 Å². The predicted molar refractivity (Wildman–Crippen MR) is 82.2 cm³/mol. The lowest BCUT2D eigenvalue weighted by atomic mass is 10.2. The van der Waals surface area contributed by atoms with Crippen molar-refractivity contribution in [2.45, 2.75) is 12.8 Å². The highest BCUT2D eigenvalue weighted by molar-refractivity contribution is 9.10. The number of thiazole rings is 1. The molecule has 0 radical (unpaired) electrons. The molecule has 7 heteroatoms. The molecule has 0 spiro atoms. The van der Waals surface area contributed by atoms with Crippen molar-refractivity contribution in [3.8, 4) is 22.1 Å². The lowest BCUT2D eigenvalue weighted by molar-refractivity contribution is -0.136. The Kier molecular flexibility index (Phi) is 4.12. The Bertz CT molecular complexity index is 686. The smallest absolute Gasteiger partial charge is 0.303 e. The van der Waals surface area contributed by atoms with Gasteiger partial charge in [-0.25, -0.2) is 4.98 Å². The third-order valence-corrected chi connectivity index (χ3v) is 4.52. The van der Waals surface area contributed by atoms with Crippen LogP contribution in [-0.2, 0) is 11.2 Å². The van der Waals surface area contributed by atoms with E-state index < -0.39 is 5.97 Å². The molecule has 0 aliphatic carbocycles. The number of ether oxygens (including phenoxy) is 2. The highest BCUT2D eigenvalue weighted by atomic mass is 79.9. The van der Waals surface area contributed by atoms with E-state index in [9.17, 15) is 4.79 Å². The molecule has 5 nitrogen and oxygen atoms in total. The van der Waals surface area contributed by atoms with Gasteiger partial charge in [-0.15, -0.1) is 11.3 Å². The van der Waals surface area contributed by atoms with Gasteiger partial charge in [-0.1, -0.05) is 0 Å². The number of aromatic nitrogens is 1. The van der Waals surface area contributed by atoms with Crippen molar-refractivity contribution < 1.29 is 19.4 Å². The van der Waals surface area contributed by atoms with E-state index in [0.717, 1.165) is 20.7 Å². The van der Waals surface area contributed by atoms with Crippen LogP contribution in [0, 0.1) is 0 Å². The SMILES string of the molecule is O=C(O)CCc1csc(-c2cc(Br)c3c(c2)OCCO3)n1. The lowest BCUT2D eigenvalue weighted by Crippen LogP contribution is -2.15. The molecule has 0 saturated heterocycles. The predicted octanol–water partition coefficient (Wildman–Crippen LogP) is 3.36. The molecule has 0 bridgehead atoms. The zero-order valence-corrected chi connectivity index (χ0v) is 13.4.